The molecule has 0 bridgehead atoms. The Labute approximate surface area is 180 Å². The van der Waals surface area contributed by atoms with Crippen molar-refractivity contribution in [3.63, 3.8) is 0 Å². The summed E-state index contributed by atoms with van der Waals surface area (Å²) in [5.41, 5.74) is 4.80. The maximum atomic E-state index is 12.6. The van der Waals surface area contributed by atoms with Crippen molar-refractivity contribution in [1.29, 1.82) is 0 Å². The Hall–Kier alpha value is -2.92. The number of nitrogens with two attached hydrogens (primary N) is 1. The van der Waals surface area contributed by atoms with Crippen LogP contribution in [0.4, 0.5) is 0 Å². The molecule has 0 fully saturated rings. The topological polar surface area (TPSA) is 129 Å². The maximum Gasteiger partial charge on any atom is 0.349 e. The molecule has 0 aliphatic carbocycles. The molecule has 0 atom stereocenters. The number of para-hydroxylation sites is 1. The highest BCUT2D eigenvalue weighted by atomic mass is 79.9. The first-order valence-electron chi connectivity index (χ1n) is 8.09. The summed E-state index contributed by atoms with van der Waals surface area (Å²) in [7, 11) is 1.42. The Bertz CT molecular complexity index is 1250. The van der Waals surface area contributed by atoms with Crippen molar-refractivity contribution in [2.24, 2.45) is 10.8 Å². The minimum Gasteiger partial charge on any atom is -0.493 e. The first kappa shape index (κ1) is 20.8. The minimum atomic E-state index is -0.673. The molecule has 1 heterocycles. The Kier molecular flexibility index (Phi) is 6.18. The van der Waals surface area contributed by atoms with Crippen LogP contribution in [0.3, 0.4) is 0 Å². The second-order valence-electron chi connectivity index (χ2n) is 5.72. The van der Waals surface area contributed by atoms with Crippen molar-refractivity contribution < 1.29 is 14.3 Å². The van der Waals surface area contributed by atoms with Crippen molar-refractivity contribution in [3.05, 3.63) is 65.7 Å². The van der Waals surface area contributed by atoms with Crippen LogP contribution in [0, 0.1) is 0 Å². The van der Waals surface area contributed by atoms with E-state index in [-0.39, 0.29) is 12.4 Å². The zero-order chi connectivity index (χ0) is 21.1. The molecule has 0 spiro atoms. The summed E-state index contributed by atoms with van der Waals surface area (Å²) in [6.45, 7) is -0.337. The summed E-state index contributed by atoms with van der Waals surface area (Å²) >= 11 is 6.75. The number of nitrogens with one attached hydrogen (secondary N) is 1. The monoisotopic (exact) mass is 524 g/mol. The van der Waals surface area contributed by atoms with Gasteiger partial charge in [0.15, 0.2) is 18.1 Å². The van der Waals surface area contributed by atoms with Crippen LogP contribution in [0.25, 0.3) is 10.9 Å². The first-order chi connectivity index (χ1) is 13.8. The van der Waals surface area contributed by atoms with Crippen LogP contribution in [-0.2, 0) is 4.79 Å². The molecule has 0 radical (unpaired) electrons. The number of fused-ring (bicyclic) bond motifs is 1. The van der Waals surface area contributed by atoms with Gasteiger partial charge >= 0.3 is 5.69 Å². The molecule has 2 aromatic carbocycles. The fraction of sp³-hybridized carbons (Fsp3) is 0.111. The van der Waals surface area contributed by atoms with E-state index < -0.39 is 17.2 Å². The number of carbonyl (C=O) groups excluding carboxylic acids is 1. The van der Waals surface area contributed by atoms with Gasteiger partial charge in [0.25, 0.3) is 11.5 Å². The van der Waals surface area contributed by atoms with Gasteiger partial charge in [0.05, 0.1) is 28.7 Å². The fourth-order valence-corrected chi connectivity index (χ4v) is 3.44. The van der Waals surface area contributed by atoms with Crippen LogP contribution in [0.1, 0.15) is 5.56 Å². The summed E-state index contributed by atoms with van der Waals surface area (Å²) in [4.78, 5) is 38.4. The van der Waals surface area contributed by atoms with E-state index in [9.17, 15) is 14.4 Å². The predicted octanol–water partition coefficient (Wildman–Crippen LogP) is 1.97. The van der Waals surface area contributed by atoms with E-state index in [1.807, 2.05) is 0 Å². The number of hydrogen-bond acceptors (Lipinski definition) is 6. The molecule has 1 amide bonds. The minimum absolute atomic E-state index is 0.260. The molecule has 3 aromatic rings. The SMILES string of the molecule is COc1cc(C=Nn2c(=O)[nH]c3ccccc3c2=O)c(Br)c(Br)c1OCC(N)=O. The van der Waals surface area contributed by atoms with Gasteiger partial charge < -0.3 is 20.2 Å². The lowest BCUT2D eigenvalue weighted by atomic mass is 10.2. The van der Waals surface area contributed by atoms with E-state index in [4.69, 9.17) is 15.2 Å². The Morgan fingerprint density at radius 1 is 1.28 bits per heavy atom. The summed E-state index contributed by atoms with van der Waals surface area (Å²) in [5, 5.41) is 4.35. The molecule has 1 aromatic heterocycles. The molecular weight excluding hydrogens is 512 g/mol. The predicted molar refractivity (Wildman–Crippen MR) is 115 cm³/mol. The Morgan fingerprint density at radius 2 is 2.00 bits per heavy atom. The zero-order valence-electron chi connectivity index (χ0n) is 14.9. The van der Waals surface area contributed by atoms with Crippen LogP contribution < -0.4 is 26.5 Å². The third kappa shape index (κ3) is 4.25. The summed E-state index contributed by atoms with van der Waals surface area (Å²) in [6, 6.07) is 8.21. The lowest BCUT2D eigenvalue weighted by molar-refractivity contribution is -0.119. The number of hydrogen-bond donors (Lipinski definition) is 2. The van der Waals surface area contributed by atoms with E-state index in [1.54, 1.807) is 30.3 Å². The molecule has 150 valence electrons. The lowest BCUT2D eigenvalue weighted by Gasteiger charge is -2.14. The number of methoxy groups -OCH3 is 1. The van der Waals surface area contributed by atoms with Gasteiger partial charge in [0, 0.05) is 10.0 Å². The highest BCUT2D eigenvalue weighted by molar-refractivity contribution is 9.13. The third-order valence-electron chi connectivity index (χ3n) is 3.83. The number of ether oxygens (including phenoxy) is 2. The van der Waals surface area contributed by atoms with Gasteiger partial charge in [0.1, 0.15) is 0 Å². The molecular formula is C18H14Br2N4O5. The van der Waals surface area contributed by atoms with Crippen LogP contribution in [0.15, 0.2) is 54.0 Å². The molecule has 3 N–H and O–H groups in total. The number of benzene rings is 2. The molecule has 0 aliphatic rings. The smallest absolute Gasteiger partial charge is 0.349 e. The number of carbonyl (C=O) groups is 1. The largest absolute Gasteiger partial charge is 0.493 e. The quantitative estimate of drug-likeness (QED) is 0.475. The van der Waals surface area contributed by atoms with Crippen molar-refractivity contribution in [2.75, 3.05) is 13.7 Å². The van der Waals surface area contributed by atoms with Gasteiger partial charge in [-0.25, -0.2) is 4.79 Å². The molecule has 29 heavy (non-hydrogen) atoms. The number of primary amides is 1. The van der Waals surface area contributed by atoms with E-state index in [0.717, 1.165) is 4.68 Å². The van der Waals surface area contributed by atoms with Gasteiger partial charge in [-0.05, 0) is 50.1 Å². The van der Waals surface area contributed by atoms with Gasteiger partial charge in [-0.1, -0.05) is 12.1 Å². The fourth-order valence-electron chi connectivity index (χ4n) is 2.51. The second kappa shape index (κ2) is 8.62. The number of rotatable bonds is 6. The Morgan fingerprint density at radius 3 is 2.69 bits per heavy atom. The third-order valence-corrected chi connectivity index (χ3v) is 5.97. The summed E-state index contributed by atoms with van der Waals surface area (Å²) in [5.74, 6) is -0.0887. The van der Waals surface area contributed by atoms with Gasteiger partial charge in [-0.3, -0.25) is 9.59 Å². The molecule has 11 heteroatoms. The maximum absolute atomic E-state index is 12.6. The normalized spacial score (nSPS) is 11.1. The van der Waals surface area contributed by atoms with Crippen LogP contribution in [0.5, 0.6) is 11.5 Å². The lowest BCUT2D eigenvalue weighted by Crippen LogP contribution is -2.32. The number of halogens is 2. The van der Waals surface area contributed by atoms with Gasteiger partial charge in [-0.2, -0.15) is 5.10 Å². The molecule has 9 nitrogen and oxygen atoms in total. The number of aromatic nitrogens is 2. The molecule has 0 aliphatic heterocycles. The van der Waals surface area contributed by atoms with Crippen molar-refractivity contribution in [3.8, 4) is 11.5 Å². The highest BCUT2D eigenvalue weighted by Gasteiger charge is 2.17. The van der Waals surface area contributed by atoms with E-state index >= 15 is 0 Å². The average molecular weight is 526 g/mol. The van der Waals surface area contributed by atoms with Crippen molar-refractivity contribution in [1.82, 2.24) is 9.66 Å². The van der Waals surface area contributed by atoms with Crippen molar-refractivity contribution >= 4 is 54.9 Å². The van der Waals surface area contributed by atoms with E-state index in [0.29, 0.717) is 31.2 Å². The van der Waals surface area contributed by atoms with Crippen LogP contribution >= 0.6 is 31.9 Å². The molecule has 3 rings (SSSR count). The summed E-state index contributed by atoms with van der Waals surface area (Å²) in [6.07, 6.45) is 1.32. The molecule has 0 saturated carbocycles. The number of nitrogens with zero attached hydrogens (tertiary/aromatic N) is 2. The van der Waals surface area contributed by atoms with E-state index in [1.165, 1.54) is 13.3 Å². The van der Waals surface area contributed by atoms with Gasteiger partial charge in [0.2, 0.25) is 0 Å². The van der Waals surface area contributed by atoms with E-state index in [2.05, 4.69) is 41.9 Å². The number of amides is 1. The second-order valence-corrected chi connectivity index (χ2v) is 7.30. The average Bonchev–Trinajstić information content (AvgIpc) is 2.69. The zero-order valence-corrected chi connectivity index (χ0v) is 18.1. The van der Waals surface area contributed by atoms with Gasteiger partial charge in [-0.15, -0.1) is 4.68 Å². The highest BCUT2D eigenvalue weighted by Crippen LogP contribution is 2.42. The summed E-state index contributed by atoms with van der Waals surface area (Å²) < 4.78 is 12.3. The number of aromatic amines is 1. The first-order valence-corrected chi connectivity index (χ1v) is 9.67. The van der Waals surface area contributed by atoms with Crippen LogP contribution in [0.2, 0.25) is 0 Å². The van der Waals surface area contributed by atoms with Crippen LogP contribution in [-0.4, -0.2) is 35.5 Å². The number of H-pyrrole nitrogens is 1. The molecule has 0 saturated heterocycles. The molecule has 0 unspecified atom stereocenters. The Balaban J connectivity index is 2.07. The standard InChI is InChI=1S/C18H14Br2N4O5/c1-28-12-6-9(14(19)15(20)16(12)29-8-13(21)25)7-22-24-17(26)10-4-2-3-5-11(10)23-18(24)27/h2-7H,8H2,1H3,(H2,21,25)(H,23,27). The van der Waals surface area contributed by atoms with Crippen molar-refractivity contribution in [2.45, 2.75) is 0 Å².